The molecule has 1 aliphatic rings. The Labute approximate surface area is 144 Å². The fraction of sp³-hybridized carbons (Fsp3) is 0.211. The van der Waals surface area contributed by atoms with Gasteiger partial charge in [0.1, 0.15) is 5.82 Å². The fourth-order valence-electron chi connectivity index (χ4n) is 2.91. The maximum Gasteiger partial charge on any atom is 0.256 e. The number of benzene rings is 2. The van der Waals surface area contributed by atoms with E-state index in [1.54, 1.807) is 17.0 Å². The molecule has 1 aliphatic heterocycles. The smallest absolute Gasteiger partial charge is 0.256 e. The van der Waals surface area contributed by atoms with Crippen molar-refractivity contribution in [3.8, 4) is 11.4 Å². The molecule has 0 radical (unpaired) electrons. The van der Waals surface area contributed by atoms with E-state index in [1.165, 1.54) is 12.1 Å². The summed E-state index contributed by atoms with van der Waals surface area (Å²) in [4.78, 5) is 18.3. The van der Waals surface area contributed by atoms with Gasteiger partial charge in [-0.2, -0.15) is 4.98 Å². The summed E-state index contributed by atoms with van der Waals surface area (Å²) in [6.45, 7) is 2.90. The highest BCUT2D eigenvalue weighted by Gasteiger charge is 2.36. The third kappa shape index (κ3) is 2.91. The van der Waals surface area contributed by atoms with Gasteiger partial charge in [0.05, 0.1) is 11.5 Å². The average molecular weight is 337 g/mol. The second-order valence-corrected chi connectivity index (χ2v) is 6.21. The van der Waals surface area contributed by atoms with Crippen LogP contribution in [0.25, 0.3) is 11.4 Å². The number of nitrogens with zero attached hydrogens (tertiary/aromatic N) is 3. The first-order valence-electron chi connectivity index (χ1n) is 8.06. The summed E-state index contributed by atoms with van der Waals surface area (Å²) in [5.41, 5.74) is 2.11. The predicted octanol–water partition coefficient (Wildman–Crippen LogP) is 3.42. The number of amides is 1. The van der Waals surface area contributed by atoms with Crippen LogP contribution in [0.1, 0.15) is 27.7 Å². The van der Waals surface area contributed by atoms with Crippen molar-refractivity contribution < 1.29 is 13.7 Å². The van der Waals surface area contributed by atoms with Crippen LogP contribution in [-0.4, -0.2) is 34.0 Å². The molecule has 1 saturated heterocycles. The van der Waals surface area contributed by atoms with Crippen LogP contribution in [-0.2, 0) is 0 Å². The summed E-state index contributed by atoms with van der Waals surface area (Å²) in [7, 11) is 0. The van der Waals surface area contributed by atoms with Crippen LogP contribution in [0.15, 0.2) is 53.1 Å². The Hall–Kier alpha value is -3.02. The molecule has 3 aromatic rings. The van der Waals surface area contributed by atoms with Gasteiger partial charge in [-0.1, -0.05) is 41.1 Å². The molecule has 1 aromatic heterocycles. The van der Waals surface area contributed by atoms with Crippen molar-refractivity contribution in [1.29, 1.82) is 0 Å². The number of aryl methyl sites for hydroxylation is 1. The van der Waals surface area contributed by atoms with Gasteiger partial charge in [0.2, 0.25) is 11.7 Å². The molecule has 2 heterocycles. The van der Waals surface area contributed by atoms with Crippen molar-refractivity contribution in [3.63, 3.8) is 0 Å². The van der Waals surface area contributed by atoms with Gasteiger partial charge in [-0.05, 0) is 25.1 Å². The van der Waals surface area contributed by atoms with Crippen molar-refractivity contribution in [3.05, 3.63) is 71.4 Å². The molecule has 0 aliphatic carbocycles. The fourth-order valence-corrected chi connectivity index (χ4v) is 2.91. The standard InChI is InChI=1S/C19H16FN3O2/c1-12-5-4-6-13(9-12)17-21-18(25-22-17)14-10-23(11-14)19(24)15-7-2-3-8-16(15)20/h2-9,14H,10-11H2,1H3. The first-order chi connectivity index (χ1) is 12.1. The summed E-state index contributed by atoms with van der Waals surface area (Å²) < 4.78 is 19.1. The molecular formula is C19H16FN3O2. The Bertz CT molecular complexity index is 932. The van der Waals surface area contributed by atoms with E-state index in [-0.39, 0.29) is 17.4 Å². The van der Waals surface area contributed by atoms with Crippen LogP contribution >= 0.6 is 0 Å². The van der Waals surface area contributed by atoms with E-state index < -0.39 is 5.82 Å². The number of hydrogen-bond donors (Lipinski definition) is 0. The van der Waals surface area contributed by atoms with Crippen molar-refractivity contribution in [2.45, 2.75) is 12.8 Å². The number of aromatic nitrogens is 2. The summed E-state index contributed by atoms with van der Waals surface area (Å²) in [6, 6.07) is 13.9. The third-order valence-corrected chi connectivity index (χ3v) is 4.34. The molecule has 0 saturated carbocycles. The van der Waals surface area contributed by atoms with Crippen LogP contribution in [0.3, 0.4) is 0 Å². The second kappa shape index (κ2) is 6.12. The van der Waals surface area contributed by atoms with Gasteiger partial charge in [-0.3, -0.25) is 4.79 Å². The zero-order chi connectivity index (χ0) is 17.4. The molecule has 0 atom stereocenters. The topological polar surface area (TPSA) is 59.2 Å². The molecule has 0 bridgehead atoms. The van der Waals surface area contributed by atoms with E-state index in [4.69, 9.17) is 4.52 Å². The summed E-state index contributed by atoms with van der Waals surface area (Å²) >= 11 is 0. The Balaban J connectivity index is 1.45. The van der Waals surface area contributed by atoms with Gasteiger partial charge < -0.3 is 9.42 Å². The quantitative estimate of drug-likeness (QED) is 0.735. The Kier molecular flexibility index (Phi) is 3.80. The lowest BCUT2D eigenvalue weighted by Gasteiger charge is -2.37. The van der Waals surface area contributed by atoms with Gasteiger partial charge in [-0.15, -0.1) is 0 Å². The molecular weight excluding hydrogens is 321 g/mol. The Morgan fingerprint density at radius 2 is 2.00 bits per heavy atom. The molecule has 0 N–H and O–H groups in total. The van der Waals surface area contributed by atoms with Crippen molar-refractivity contribution >= 4 is 5.91 Å². The van der Waals surface area contributed by atoms with Crippen LogP contribution in [0.5, 0.6) is 0 Å². The minimum absolute atomic E-state index is 0.0122. The number of halogens is 1. The monoisotopic (exact) mass is 337 g/mol. The molecule has 25 heavy (non-hydrogen) atoms. The molecule has 5 nitrogen and oxygen atoms in total. The maximum atomic E-state index is 13.7. The van der Waals surface area contributed by atoms with Crippen LogP contribution < -0.4 is 0 Å². The lowest BCUT2D eigenvalue weighted by atomic mass is 9.98. The van der Waals surface area contributed by atoms with Crippen molar-refractivity contribution in [2.75, 3.05) is 13.1 Å². The average Bonchev–Trinajstić information content (AvgIpc) is 3.03. The minimum atomic E-state index is -0.504. The predicted molar refractivity (Wildman–Crippen MR) is 89.5 cm³/mol. The minimum Gasteiger partial charge on any atom is -0.339 e. The van der Waals surface area contributed by atoms with E-state index in [9.17, 15) is 9.18 Å². The molecule has 1 amide bonds. The number of rotatable bonds is 3. The number of carbonyl (C=O) groups excluding carboxylic acids is 1. The summed E-state index contributed by atoms with van der Waals surface area (Å²) in [5, 5.41) is 4.02. The van der Waals surface area contributed by atoms with Gasteiger partial charge in [-0.25, -0.2) is 4.39 Å². The second-order valence-electron chi connectivity index (χ2n) is 6.21. The van der Waals surface area contributed by atoms with Crippen LogP contribution in [0.2, 0.25) is 0 Å². The van der Waals surface area contributed by atoms with Gasteiger partial charge in [0, 0.05) is 18.7 Å². The SMILES string of the molecule is Cc1cccc(-c2noc(C3CN(C(=O)c4ccccc4F)C3)n2)c1. The van der Waals surface area contributed by atoms with Gasteiger partial charge >= 0.3 is 0 Å². The summed E-state index contributed by atoms with van der Waals surface area (Å²) in [6.07, 6.45) is 0. The Morgan fingerprint density at radius 1 is 1.20 bits per heavy atom. The van der Waals surface area contributed by atoms with Crippen molar-refractivity contribution in [1.82, 2.24) is 15.0 Å². The normalized spacial score (nSPS) is 14.4. The molecule has 6 heteroatoms. The molecule has 126 valence electrons. The molecule has 0 spiro atoms. The molecule has 2 aromatic carbocycles. The van der Waals surface area contributed by atoms with E-state index in [2.05, 4.69) is 10.1 Å². The zero-order valence-electron chi connectivity index (χ0n) is 13.6. The van der Waals surface area contributed by atoms with Crippen LogP contribution in [0.4, 0.5) is 4.39 Å². The number of hydrogen-bond acceptors (Lipinski definition) is 4. The third-order valence-electron chi connectivity index (χ3n) is 4.34. The van der Waals surface area contributed by atoms with Gasteiger partial charge in [0.15, 0.2) is 0 Å². The largest absolute Gasteiger partial charge is 0.339 e. The summed E-state index contributed by atoms with van der Waals surface area (Å²) in [5.74, 6) is 0.219. The first kappa shape index (κ1) is 15.5. The Morgan fingerprint density at radius 3 is 2.76 bits per heavy atom. The highest BCUT2D eigenvalue weighted by atomic mass is 19.1. The highest BCUT2D eigenvalue weighted by molar-refractivity contribution is 5.95. The number of carbonyl (C=O) groups is 1. The van der Waals surface area contributed by atoms with Gasteiger partial charge in [0.25, 0.3) is 5.91 Å². The van der Waals surface area contributed by atoms with E-state index in [0.717, 1.165) is 11.1 Å². The van der Waals surface area contributed by atoms with Crippen molar-refractivity contribution in [2.24, 2.45) is 0 Å². The molecule has 0 unspecified atom stereocenters. The lowest BCUT2D eigenvalue weighted by Crippen LogP contribution is -2.48. The van der Waals surface area contributed by atoms with E-state index >= 15 is 0 Å². The zero-order valence-corrected chi connectivity index (χ0v) is 13.6. The first-order valence-corrected chi connectivity index (χ1v) is 8.06. The van der Waals surface area contributed by atoms with E-state index in [0.29, 0.717) is 24.8 Å². The lowest BCUT2D eigenvalue weighted by molar-refractivity contribution is 0.0564. The number of likely N-dealkylation sites (tertiary alicyclic amines) is 1. The van der Waals surface area contributed by atoms with Crippen LogP contribution in [0, 0.1) is 12.7 Å². The molecule has 4 rings (SSSR count). The molecule has 1 fully saturated rings. The highest BCUT2D eigenvalue weighted by Crippen LogP contribution is 2.29. The van der Waals surface area contributed by atoms with E-state index in [1.807, 2.05) is 31.2 Å². The maximum absolute atomic E-state index is 13.7.